The number of rotatable bonds is 4. The second-order valence-corrected chi connectivity index (χ2v) is 5.28. The molecule has 1 aliphatic carbocycles. The fourth-order valence-electron chi connectivity index (χ4n) is 1.65. The Bertz CT molecular complexity index is 449. The van der Waals surface area contributed by atoms with Gasteiger partial charge in [-0.05, 0) is 37.0 Å². The zero-order chi connectivity index (χ0) is 13.1. The minimum atomic E-state index is -0.288. The van der Waals surface area contributed by atoms with E-state index in [0.29, 0.717) is 28.2 Å². The van der Waals surface area contributed by atoms with Gasteiger partial charge in [-0.15, -0.1) is 0 Å². The summed E-state index contributed by atoms with van der Waals surface area (Å²) in [7, 11) is 0. The SMILES string of the molecule is NC(CNC(=O)Nc1ccc(Cl)c(Cl)c1)C1CC1. The number of carbonyl (C=O) groups excluding carboxylic acids is 1. The highest BCUT2D eigenvalue weighted by molar-refractivity contribution is 6.42. The number of benzene rings is 1. The van der Waals surface area contributed by atoms with Crippen molar-refractivity contribution in [3.05, 3.63) is 28.2 Å². The van der Waals surface area contributed by atoms with Crippen LogP contribution in [0.2, 0.25) is 10.0 Å². The lowest BCUT2D eigenvalue weighted by atomic mass is 10.2. The van der Waals surface area contributed by atoms with Crippen LogP contribution in [-0.2, 0) is 0 Å². The van der Waals surface area contributed by atoms with E-state index in [2.05, 4.69) is 10.6 Å². The zero-order valence-corrected chi connectivity index (χ0v) is 11.3. The molecule has 1 aromatic carbocycles. The second kappa shape index (κ2) is 5.78. The Balaban J connectivity index is 1.80. The number of urea groups is 1. The van der Waals surface area contributed by atoms with Crippen LogP contribution in [0.25, 0.3) is 0 Å². The van der Waals surface area contributed by atoms with Gasteiger partial charge >= 0.3 is 6.03 Å². The third-order valence-corrected chi connectivity index (χ3v) is 3.64. The molecule has 0 radical (unpaired) electrons. The summed E-state index contributed by atoms with van der Waals surface area (Å²) in [5.74, 6) is 0.565. The van der Waals surface area contributed by atoms with Crippen LogP contribution < -0.4 is 16.4 Å². The van der Waals surface area contributed by atoms with Gasteiger partial charge in [0, 0.05) is 18.3 Å². The summed E-state index contributed by atoms with van der Waals surface area (Å²) in [5, 5.41) is 6.27. The summed E-state index contributed by atoms with van der Waals surface area (Å²) >= 11 is 11.6. The molecule has 0 saturated heterocycles. The van der Waals surface area contributed by atoms with Crippen molar-refractivity contribution in [2.24, 2.45) is 11.7 Å². The first kappa shape index (κ1) is 13.5. The van der Waals surface area contributed by atoms with E-state index in [4.69, 9.17) is 28.9 Å². The highest BCUT2D eigenvalue weighted by Gasteiger charge is 2.28. The van der Waals surface area contributed by atoms with E-state index >= 15 is 0 Å². The van der Waals surface area contributed by atoms with Crippen LogP contribution in [0.3, 0.4) is 0 Å². The molecule has 1 fully saturated rings. The quantitative estimate of drug-likeness (QED) is 0.797. The molecule has 98 valence electrons. The van der Waals surface area contributed by atoms with Gasteiger partial charge in [0.2, 0.25) is 0 Å². The molecule has 1 aliphatic rings. The van der Waals surface area contributed by atoms with E-state index in [1.54, 1.807) is 18.2 Å². The molecule has 1 unspecified atom stereocenters. The molecule has 1 aromatic rings. The number of hydrogen-bond donors (Lipinski definition) is 3. The normalized spacial score (nSPS) is 16.2. The molecular weight excluding hydrogens is 273 g/mol. The number of nitrogens with one attached hydrogen (secondary N) is 2. The van der Waals surface area contributed by atoms with Crippen LogP contribution in [0.1, 0.15) is 12.8 Å². The fraction of sp³-hybridized carbons (Fsp3) is 0.417. The summed E-state index contributed by atoms with van der Waals surface area (Å²) < 4.78 is 0. The van der Waals surface area contributed by atoms with Crippen molar-refractivity contribution in [1.82, 2.24) is 5.32 Å². The monoisotopic (exact) mass is 287 g/mol. The molecule has 0 spiro atoms. The van der Waals surface area contributed by atoms with Crippen LogP contribution in [0.5, 0.6) is 0 Å². The summed E-state index contributed by atoms with van der Waals surface area (Å²) in [6.45, 7) is 0.484. The largest absolute Gasteiger partial charge is 0.336 e. The van der Waals surface area contributed by atoms with Crippen LogP contribution in [-0.4, -0.2) is 18.6 Å². The molecule has 4 N–H and O–H groups in total. The molecule has 6 heteroatoms. The van der Waals surface area contributed by atoms with Crippen molar-refractivity contribution in [2.45, 2.75) is 18.9 Å². The molecule has 2 rings (SSSR count). The van der Waals surface area contributed by atoms with Crippen molar-refractivity contribution < 1.29 is 4.79 Å². The van der Waals surface area contributed by atoms with Gasteiger partial charge in [-0.1, -0.05) is 23.2 Å². The minimum absolute atomic E-state index is 0.0459. The summed E-state index contributed by atoms with van der Waals surface area (Å²) in [5.41, 5.74) is 6.48. The van der Waals surface area contributed by atoms with E-state index in [0.717, 1.165) is 12.8 Å². The maximum atomic E-state index is 11.6. The van der Waals surface area contributed by atoms with Crippen molar-refractivity contribution >= 4 is 34.9 Å². The molecule has 18 heavy (non-hydrogen) atoms. The average molecular weight is 288 g/mol. The van der Waals surface area contributed by atoms with Gasteiger partial charge in [0.25, 0.3) is 0 Å². The fourth-order valence-corrected chi connectivity index (χ4v) is 1.95. The maximum absolute atomic E-state index is 11.6. The lowest BCUT2D eigenvalue weighted by Crippen LogP contribution is -2.40. The third kappa shape index (κ3) is 3.77. The van der Waals surface area contributed by atoms with Crippen LogP contribution >= 0.6 is 23.2 Å². The molecule has 2 amide bonds. The molecule has 0 bridgehead atoms. The zero-order valence-electron chi connectivity index (χ0n) is 9.75. The molecule has 0 heterocycles. The van der Waals surface area contributed by atoms with Crippen LogP contribution in [0.4, 0.5) is 10.5 Å². The van der Waals surface area contributed by atoms with E-state index in [-0.39, 0.29) is 12.1 Å². The maximum Gasteiger partial charge on any atom is 0.319 e. The molecular formula is C12H15Cl2N3O. The van der Waals surface area contributed by atoms with Gasteiger partial charge in [0.05, 0.1) is 10.0 Å². The first-order valence-electron chi connectivity index (χ1n) is 5.82. The van der Waals surface area contributed by atoms with Crippen molar-refractivity contribution in [3.8, 4) is 0 Å². The first-order chi connectivity index (χ1) is 8.56. The Morgan fingerprint density at radius 2 is 2.11 bits per heavy atom. The van der Waals surface area contributed by atoms with Crippen molar-refractivity contribution in [2.75, 3.05) is 11.9 Å². The standard InChI is InChI=1S/C12H15Cl2N3O/c13-9-4-3-8(5-10(9)14)17-12(18)16-6-11(15)7-1-2-7/h3-5,7,11H,1-2,6,15H2,(H2,16,17,18). The highest BCUT2D eigenvalue weighted by atomic mass is 35.5. The van der Waals surface area contributed by atoms with E-state index in [1.165, 1.54) is 0 Å². The van der Waals surface area contributed by atoms with Crippen LogP contribution in [0.15, 0.2) is 18.2 Å². The molecule has 4 nitrogen and oxygen atoms in total. The van der Waals surface area contributed by atoms with Gasteiger partial charge in [0.1, 0.15) is 0 Å². The van der Waals surface area contributed by atoms with Gasteiger partial charge in [-0.3, -0.25) is 0 Å². The number of amides is 2. The summed E-state index contributed by atoms with van der Waals surface area (Å²) in [4.78, 5) is 11.6. The molecule has 0 aliphatic heterocycles. The van der Waals surface area contributed by atoms with Gasteiger partial charge in [-0.2, -0.15) is 0 Å². The lowest BCUT2D eigenvalue weighted by Gasteiger charge is -2.12. The number of hydrogen-bond acceptors (Lipinski definition) is 2. The number of carbonyl (C=O) groups is 1. The van der Waals surface area contributed by atoms with Gasteiger partial charge in [0.15, 0.2) is 0 Å². The number of halogens is 2. The third-order valence-electron chi connectivity index (χ3n) is 2.90. The predicted molar refractivity (Wildman–Crippen MR) is 74.2 cm³/mol. The van der Waals surface area contributed by atoms with E-state index in [1.807, 2.05) is 0 Å². The molecule has 1 saturated carbocycles. The predicted octanol–water partition coefficient (Wildman–Crippen LogP) is 2.85. The van der Waals surface area contributed by atoms with Crippen molar-refractivity contribution in [1.29, 1.82) is 0 Å². The van der Waals surface area contributed by atoms with Crippen LogP contribution in [0, 0.1) is 5.92 Å². The van der Waals surface area contributed by atoms with Gasteiger partial charge < -0.3 is 16.4 Å². The Kier molecular flexibility index (Phi) is 4.32. The Hall–Kier alpha value is -0.970. The summed E-state index contributed by atoms with van der Waals surface area (Å²) in [6, 6.07) is 4.68. The number of nitrogens with two attached hydrogens (primary N) is 1. The van der Waals surface area contributed by atoms with Gasteiger partial charge in [-0.25, -0.2) is 4.79 Å². The number of anilines is 1. The smallest absolute Gasteiger partial charge is 0.319 e. The Morgan fingerprint density at radius 1 is 1.39 bits per heavy atom. The van der Waals surface area contributed by atoms with E-state index < -0.39 is 0 Å². The van der Waals surface area contributed by atoms with E-state index in [9.17, 15) is 4.79 Å². The first-order valence-corrected chi connectivity index (χ1v) is 6.57. The summed E-state index contributed by atoms with van der Waals surface area (Å²) in [6.07, 6.45) is 2.33. The topological polar surface area (TPSA) is 67.1 Å². The highest BCUT2D eigenvalue weighted by Crippen LogP contribution is 2.31. The Labute approximate surface area is 116 Å². The minimum Gasteiger partial charge on any atom is -0.336 e. The lowest BCUT2D eigenvalue weighted by molar-refractivity contribution is 0.251. The van der Waals surface area contributed by atoms with Crippen molar-refractivity contribution in [3.63, 3.8) is 0 Å². The Morgan fingerprint density at radius 3 is 2.72 bits per heavy atom. The molecule has 0 aromatic heterocycles. The second-order valence-electron chi connectivity index (χ2n) is 4.47. The average Bonchev–Trinajstić information content (AvgIpc) is 3.15. The molecule has 1 atom stereocenters.